The van der Waals surface area contributed by atoms with Crippen LogP contribution in [0.15, 0.2) is 0 Å². The van der Waals surface area contributed by atoms with Crippen LogP contribution >= 0.6 is 0 Å². The fourth-order valence-electron chi connectivity index (χ4n) is 9.14. The van der Waals surface area contributed by atoms with Gasteiger partial charge in [0.15, 0.2) is 0 Å². The Morgan fingerprint density at radius 2 is 1.27 bits per heavy atom. The van der Waals surface area contributed by atoms with Crippen LogP contribution in [0.25, 0.3) is 0 Å². The van der Waals surface area contributed by atoms with Gasteiger partial charge in [0.1, 0.15) is 0 Å². The van der Waals surface area contributed by atoms with Crippen LogP contribution in [-0.4, -0.2) is 34.7 Å². The number of hydrogen-bond donors (Lipinski definition) is 3. The molecule has 3 aliphatic heterocycles. The van der Waals surface area contributed by atoms with Crippen molar-refractivity contribution in [2.75, 3.05) is 0 Å². The van der Waals surface area contributed by atoms with Crippen LogP contribution in [0, 0.1) is 11.8 Å². The minimum atomic E-state index is 0.530. The fourth-order valence-corrected chi connectivity index (χ4v) is 9.14. The Bertz CT molecular complexity index is 620. The maximum Gasteiger partial charge on any atom is 0.0216 e. The van der Waals surface area contributed by atoms with E-state index in [4.69, 9.17) is 0 Å². The first kappa shape index (κ1) is 20.5. The second kappa shape index (κ2) is 7.73. The molecule has 3 nitrogen and oxygen atoms in total. The van der Waals surface area contributed by atoms with E-state index in [2.05, 4.69) is 22.9 Å². The van der Waals surface area contributed by atoms with Crippen LogP contribution in [0.2, 0.25) is 0 Å². The third-order valence-corrected chi connectivity index (χ3v) is 10.6. The van der Waals surface area contributed by atoms with Crippen molar-refractivity contribution in [2.24, 2.45) is 11.8 Å². The summed E-state index contributed by atoms with van der Waals surface area (Å²) >= 11 is 0. The SMILES string of the molecule is CC1CCCC2(CC2CC2CCCC3(CC(CC4CCCC5(CCCC5)N4)C3)N2)N1. The van der Waals surface area contributed by atoms with Gasteiger partial charge < -0.3 is 16.0 Å². The number of nitrogens with one attached hydrogen (secondary N) is 3. The van der Waals surface area contributed by atoms with Crippen LogP contribution in [0.4, 0.5) is 0 Å². The summed E-state index contributed by atoms with van der Waals surface area (Å²) < 4.78 is 0. The van der Waals surface area contributed by atoms with Crippen molar-refractivity contribution in [3.05, 3.63) is 0 Å². The number of hydrogen-bond acceptors (Lipinski definition) is 3. The zero-order valence-corrected chi connectivity index (χ0v) is 19.6. The van der Waals surface area contributed by atoms with Crippen molar-refractivity contribution in [2.45, 2.75) is 157 Å². The quantitative estimate of drug-likeness (QED) is 0.575. The summed E-state index contributed by atoms with van der Waals surface area (Å²) in [6.45, 7) is 2.40. The van der Waals surface area contributed by atoms with Crippen LogP contribution in [0.3, 0.4) is 0 Å². The summed E-state index contributed by atoms with van der Waals surface area (Å²) in [7, 11) is 0. The molecule has 6 aliphatic rings. The van der Waals surface area contributed by atoms with E-state index in [1.54, 1.807) is 0 Å². The molecule has 3 spiro atoms. The second-order valence-corrected chi connectivity index (χ2v) is 13.0. The molecule has 170 valence electrons. The van der Waals surface area contributed by atoms with E-state index >= 15 is 0 Å². The standard InChI is InChI=1S/C27H47N3/c1-20-7-4-14-27(28-20)19-22(27)16-24-9-6-13-26(30-24)17-21(18-26)15-23-8-5-12-25(29-23)10-2-3-11-25/h20-24,28-30H,2-19H2,1H3. The fraction of sp³-hybridized carbons (Fsp3) is 1.00. The largest absolute Gasteiger partial charge is 0.308 e. The molecule has 3 aliphatic carbocycles. The lowest BCUT2D eigenvalue weighted by atomic mass is 9.61. The Morgan fingerprint density at radius 3 is 2.03 bits per heavy atom. The molecule has 6 fully saturated rings. The second-order valence-electron chi connectivity index (χ2n) is 13.0. The third kappa shape index (κ3) is 3.90. The molecule has 3 heterocycles. The van der Waals surface area contributed by atoms with Crippen molar-refractivity contribution < 1.29 is 0 Å². The molecule has 30 heavy (non-hydrogen) atoms. The average Bonchev–Trinajstić information content (AvgIpc) is 3.12. The first-order valence-corrected chi connectivity index (χ1v) is 13.9. The summed E-state index contributed by atoms with van der Waals surface area (Å²) in [4.78, 5) is 0. The van der Waals surface area contributed by atoms with Crippen molar-refractivity contribution in [1.29, 1.82) is 0 Å². The molecule has 6 rings (SSSR count). The maximum atomic E-state index is 4.24. The lowest BCUT2D eigenvalue weighted by molar-refractivity contribution is 0.0344. The minimum Gasteiger partial charge on any atom is -0.308 e. The summed E-state index contributed by atoms with van der Waals surface area (Å²) in [5.41, 5.74) is 1.64. The highest BCUT2D eigenvalue weighted by molar-refractivity contribution is 5.14. The zero-order valence-electron chi connectivity index (χ0n) is 19.6. The van der Waals surface area contributed by atoms with E-state index in [0.717, 1.165) is 30.0 Å². The molecule has 0 radical (unpaired) electrons. The Labute approximate surface area is 185 Å². The van der Waals surface area contributed by atoms with Gasteiger partial charge in [-0.05, 0) is 102 Å². The molecule has 5 unspecified atom stereocenters. The van der Waals surface area contributed by atoms with E-state index in [1.165, 1.54) is 116 Å². The molecule has 0 aromatic rings. The Morgan fingerprint density at radius 1 is 0.633 bits per heavy atom. The monoisotopic (exact) mass is 413 g/mol. The van der Waals surface area contributed by atoms with Crippen molar-refractivity contribution in [3.63, 3.8) is 0 Å². The molecule has 0 bridgehead atoms. The van der Waals surface area contributed by atoms with Gasteiger partial charge in [-0.25, -0.2) is 0 Å². The molecular weight excluding hydrogens is 366 g/mol. The first-order chi connectivity index (χ1) is 14.6. The van der Waals surface area contributed by atoms with Gasteiger partial charge in [-0.15, -0.1) is 0 Å². The normalized spacial score (nSPS) is 50.1. The molecule has 3 saturated carbocycles. The maximum absolute atomic E-state index is 4.24. The molecule has 3 saturated heterocycles. The summed E-state index contributed by atoms with van der Waals surface area (Å²) in [6, 6.07) is 2.38. The Balaban J connectivity index is 0.978. The molecular formula is C27H47N3. The lowest BCUT2D eigenvalue weighted by Gasteiger charge is -2.54. The van der Waals surface area contributed by atoms with Crippen LogP contribution in [0.5, 0.6) is 0 Å². The van der Waals surface area contributed by atoms with Crippen LogP contribution in [0.1, 0.15) is 122 Å². The van der Waals surface area contributed by atoms with Crippen LogP contribution < -0.4 is 16.0 Å². The number of rotatable bonds is 4. The summed E-state index contributed by atoms with van der Waals surface area (Å²) in [5, 5.41) is 12.4. The molecule has 3 N–H and O–H groups in total. The van der Waals surface area contributed by atoms with Gasteiger partial charge in [-0.2, -0.15) is 0 Å². The highest BCUT2D eigenvalue weighted by Gasteiger charge is 2.56. The third-order valence-electron chi connectivity index (χ3n) is 10.6. The predicted octanol–water partition coefficient (Wildman–Crippen LogP) is 5.43. The molecule has 0 aromatic carbocycles. The van der Waals surface area contributed by atoms with Gasteiger partial charge >= 0.3 is 0 Å². The molecule has 3 heteroatoms. The van der Waals surface area contributed by atoms with Crippen molar-refractivity contribution in [1.82, 2.24) is 16.0 Å². The molecule has 0 amide bonds. The van der Waals surface area contributed by atoms with Gasteiger partial charge in [0.2, 0.25) is 0 Å². The van der Waals surface area contributed by atoms with E-state index in [0.29, 0.717) is 16.6 Å². The van der Waals surface area contributed by atoms with Crippen molar-refractivity contribution >= 4 is 0 Å². The lowest BCUT2D eigenvalue weighted by Crippen LogP contribution is -2.62. The number of piperidine rings is 3. The first-order valence-electron chi connectivity index (χ1n) is 13.9. The van der Waals surface area contributed by atoms with Gasteiger partial charge in [-0.1, -0.05) is 32.1 Å². The average molecular weight is 414 g/mol. The predicted molar refractivity (Wildman–Crippen MR) is 125 cm³/mol. The van der Waals surface area contributed by atoms with E-state index in [9.17, 15) is 0 Å². The van der Waals surface area contributed by atoms with E-state index in [1.807, 2.05) is 0 Å². The Hall–Kier alpha value is -0.120. The topological polar surface area (TPSA) is 36.1 Å². The van der Waals surface area contributed by atoms with Crippen molar-refractivity contribution in [3.8, 4) is 0 Å². The smallest absolute Gasteiger partial charge is 0.0216 e. The minimum absolute atomic E-state index is 0.530. The Kier molecular flexibility index (Phi) is 5.28. The molecule has 5 atom stereocenters. The highest BCUT2D eigenvalue weighted by atomic mass is 15.1. The van der Waals surface area contributed by atoms with Gasteiger partial charge in [0.05, 0.1) is 0 Å². The van der Waals surface area contributed by atoms with E-state index in [-0.39, 0.29) is 0 Å². The summed E-state index contributed by atoms with van der Waals surface area (Å²) in [6.07, 6.45) is 26.2. The van der Waals surface area contributed by atoms with Gasteiger partial charge in [0.25, 0.3) is 0 Å². The highest BCUT2D eigenvalue weighted by Crippen LogP contribution is 2.54. The summed E-state index contributed by atoms with van der Waals surface area (Å²) in [5.74, 6) is 1.94. The molecule has 0 aromatic heterocycles. The zero-order chi connectivity index (χ0) is 20.2. The van der Waals surface area contributed by atoms with Gasteiger partial charge in [0, 0.05) is 34.7 Å². The van der Waals surface area contributed by atoms with E-state index < -0.39 is 0 Å². The van der Waals surface area contributed by atoms with Crippen LogP contribution in [-0.2, 0) is 0 Å². The van der Waals surface area contributed by atoms with Gasteiger partial charge in [-0.3, -0.25) is 0 Å².